The summed E-state index contributed by atoms with van der Waals surface area (Å²) in [4.78, 5) is 0. The molecule has 0 fully saturated rings. The Bertz CT molecular complexity index is 1310. The quantitative estimate of drug-likeness (QED) is 0.440. The number of aromatic nitrogens is 1. The SMILES string of the molecule is CC(C)=C1C=C(C(C)(C)C)C(C2c3ccccc3-c3c2c2ccccc2n3C)=[C]1[Zr+2].[Cl-].[Cl-]. The molecule has 0 aliphatic heterocycles. The van der Waals surface area contributed by atoms with Crippen LogP contribution in [0, 0.1) is 5.41 Å². The predicted molar refractivity (Wildman–Crippen MR) is 123 cm³/mol. The summed E-state index contributed by atoms with van der Waals surface area (Å²) in [6.07, 6.45) is 2.49. The van der Waals surface area contributed by atoms with E-state index in [1.54, 1.807) is 5.57 Å². The van der Waals surface area contributed by atoms with Crippen LogP contribution < -0.4 is 24.8 Å². The van der Waals surface area contributed by atoms with Crippen molar-refractivity contribution in [3.63, 3.8) is 0 Å². The predicted octanol–water partition coefficient (Wildman–Crippen LogP) is 1.42. The van der Waals surface area contributed by atoms with Crippen molar-refractivity contribution in [1.82, 2.24) is 4.57 Å². The molecule has 4 heteroatoms. The number of allylic oxidation sites excluding steroid dienone is 6. The van der Waals surface area contributed by atoms with Gasteiger partial charge in [-0.15, -0.1) is 0 Å². The molecular weight excluding hydrogens is 512 g/mol. The van der Waals surface area contributed by atoms with Crippen LogP contribution in [0.2, 0.25) is 0 Å². The zero-order valence-electron chi connectivity index (χ0n) is 19.5. The van der Waals surface area contributed by atoms with Crippen LogP contribution in [0.5, 0.6) is 0 Å². The van der Waals surface area contributed by atoms with Gasteiger partial charge in [-0.25, -0.2) is 0 Å². The van der Waals surface area contributed by atoms with Gasteiger partial charge in [0.15, 0.2) is 0 Å². The second kappa shape index (κ2) is 8.79. The molecule has 163 valence electrons. The Balaban J connectivity index is 0.00000144. The summed E-state index contributed by atoms with van der Waals surface area (Å²) < 4.78 is 3.94. The first-order valence-corrected chi connectivity index (χ1v) is 12.0. The molecule has 0 N–H and O–H groups in total. The Morgan fingerprint density at radius 1 is 0.938 bits per heavy atom. The number of rotatable bonds is 1. The number of para-hydroxylation sites is 1. The maximum Gasteiger partial charge on any atom is -1.00 e. The van der Waals surface area contributed by atoms with Crippen molar-refractivity contribution >= 4 is 10.9 Å². The summed E-state index contributed by atoms with van der Waals surface area (Å²) in [5.74, 6) is 0.305. The van der Waals surface area contributed by atoms with E-state index in [2.05, 4.69) is 101 Å². The second-order valence-corrected chi connectivity index (χ2v) is 11.1. The van der Waals surface area contributed by atoms with Crippen LogP contribution in [0.4, 0.5) is 0 Å². The molecule has 0 radical (unpaired) electrons. The number of hydrogen-bond donors (Lipinski definition) is 0. The number of halogens is 2. The smallest absolute Gasteiger partial charge is 1.00 e. The molecule has 0 spiro atoms. The number of fused-ring (bicyclic) bond motifs is 5. The Hall–Kier alpha value is -1.34. The van der Waals surface area contributed by atoms with Gasteiger partial charge in [0.05, 0.1) is 0 Å². The van der Waals surface area contributed by atoms with Crippen molar-refractivity contribution in [1.29, 1.82) is 0 Å². The van der Waals surface area contributed by atoms with Gasteiger partial charge in [0.1, 0.15) is 0 Å². The third-order valence-electron chi connectivity index (χ3n) is 6.71. The van der Waals surface area contributed by atoms with Crippen molar-refractivity contribution in [2.75, 3.05) is 0 Å². The monoisotopic (exact) mass is 538 g/mol. The van der Waals surface area contributed by atoms with Crippen LogP contribution in [0.1, 0.15) is 51.7 Å². The normalized spacial score (nSPS) is 17.1. The van der Waals surface area contributed by atoms with E-state index >= 15 is 0 Å². The number of hydrogen-bond acceptors (Lipinski definition) is 0. The molecule has 32 heavy (non-hydrogen) atoms. The van der Waals surface area contributed by atoms with Gasteiger partial charge in [0, 0.05) is 0 Å². The standard InChI is InChI=1S/C28H28N.2ClH.Zr/c1-17(2)18-15-22(23(16-18)28(3,4)5)25-19-11-7-8-12-20(19)27-26(25)21-13-9-10-14-24(21)29(27)6;;;/h7-14,16,25H,1-6H3;2*1H;/q;;;+2/p-2. The van der Waals surface area contributed by atoms with Gasteiger partial charge in [0.25, 0.3) is 0 Å². The molecule has 1 aromatic heterocycles. The second-order valence-electron chi connectivity index (χ2n) is 9.87. The fourth-order valence-electron chi connectivity index (χ4n) is 5.35. The molecule has 1 unspecified atom stereocenters. The van der Waals surface area contributed by atoms with E-state index in [-0.39, 0.29) is 30.2 Å². The minimum atomic E-state index is 0. The minimum absolute atomic E-state index is 0. The van der Waals surface area contributed by atoms with Gasteiger partial charge in [-0.3, -0.25) is 0 Å². The van der Waals surface area contributed by atoms with E-state index in [9.17, 15) is 0 Å². The first kappa shape index (κ1) is 25.3. The Kier molecular flexibility index (Phi) is 6.94. The molecule has 0 amide bonds. The van der Waals surface area contributed by atoms with Gasteiger partial charge < -0.3 is 24.8 Å². The van der Waals surface area contributed by atoms with Gasteiger partial charge in [-0.1, -0.05) is 0 Å². The molecule has 2 aliphatic carbocycles. The molecular formula is C28H28Cl2NZr. The van der Waals surface area contributed by atoms with Crippen molar-refractivity contribution < 1.29 is 49.5 Å². The van der Waals surface area contributed by atoms with Gasteiger partial charge >= 0.3 is 196 Å². The van der Waals surface area contributed by atoms with Gasteiger partial charge in [-0.05, 0) is 0 Å². The molecule has 0 saturated carbocycles. The fraction of sp³-hybridized carbons (Fsp3) is 0.286. The van der Waals surface area contributed by atoms with Crippen LogP contribution in [0.25, 0.3) is 22.2 Å². The fourth-order valence-corrected chi connectivity index (χ4v) is 6.83. The van der Waals surface area contributed by atoms with Crippen molar-refractivity contribution in [3.8, 4) is 11.3 Å². The Labute approximate surface area is 219 Å². The van der Waals surface area contributed by atoms with E-state index in [0.717, 1.165) is 0 Å². The van der Waals surface area contributed by atoms with Gasteiger partial charge in [0.2, 0.25) is 0 Å². The average molecular weight is 541 g/mol. The molecule has 2 aliphatic rings. The molecule has 1 nitrogen and oxygen atoms in total. The summed E-state index contributed by atoms with van der Waals surface area (Å²) >= 11 is 1.51. The van der Waals surface area contributed by atoms with Crippen LogP contribution in [-0.4, -0.2) is 4.57 Å². The third kappa shape index (κ3) is 3.54. The van der Waals surface area contributed by atoms with Crippen LogP contribution >= 0.6 is 0 Å². The molecule has 0 bridgehead atoms. The molecule has 3 aromatic rings. The Morgan fingerprint density at radius 2 is 1.56 bits per heavy atom. The van der Waals surface area contributed by atoms with E-state index in [1.807, 2.05) is 0 Å². The van der Waals surface area contributed by atoms with Crippen molar-refractivity contribution in [2.24, 2.45) is 12.5 Å². The largest absolute Gasteiger partial charge is 1.00 e. The summed E-state index contributed by atoms with van der Waals surface area (Å²) in [5.41, 5.74) is 13.1. The molecule has 2 aromatic carbocycles. The van der Waals surface area contributed by atoms with Crippen molar-refractivity contribution in [3.05, 3.63) is 91.3 Å². The minimum Gasteiger partial charge on any atom is -1.00 e. The van der Waals surface area contributed by atoms with Crippen LogP contribution in [-0.2, 0) is 31.8 Å². The molecule has 1 atom stereocenters. The summed E-state index contributed by atoms with van der Waals surface area (Å²) in [7, 11) is 2.23. The molecule has 1 heterocycles. The van der Waals surface area contributed by atoms with Gasteiger partial charge in [-0.2, -0.15) is 0 Å². The maximum atomic E-state index is 2.49. The zero-order valence-corrected chi connectivity index (χ0v) is 23.4. The summed E-state index contributed by atoms with van der Waals surface area (Å²) in [5, 5.41) is 1.39. The zero-order chi connectivity index (χ0) is 21.4. The third-order valence-corrected chi connectivity index (χ3v) is 8.04. The van der Waals surface area contributed by atoms with E-state index < -0.39 is 0 Å². The van der Waals surface area contributed by atoms with E-state index in [1.165, 1.54) is 78.0 Å². The van der Waals surface area contributed by atoms with Crippen molar-refractivity contribution in [2.45, 2.75) is 40.5 Å². The van der Waals surface area contributed by atoms with Crippen LogP contribution in [0.15, 0.2) is 80.2 Å². The molecule has 0 saturated heterocycles. The van der Waals surface area contributed by atoms with E-state index in [0.29, 0.717) is 5.92 Å². The molecule has 5 rings (SSSR count). The van der Waals surface area contributed by atoms with Crippen LogP contribution in [0.3, 0.4) is 0 Å². The van der Waals surface area contributed by atoms with E-state index in [4.69, 9.17) is 0 Å². The summed E-state index contributed by atoms with van der Waals surface area (Å²) in [6, 6.07) is 18.0. The average Bonchev–Trinajstić information content (AvgIpc) is 3.31. The maximum absolute atomic E-state index is 2.49. The number of aryl methyl sites for hydroxylation is 1. The Morgan fingerprint density at radius 3 is 2.22 bits per heavy atom. The number of benzene rings is 2. The summed E-state index contributed by atoms with van der Waals surface area (Å²) in [6.45, 7) is 11.6. The number of nitrogens with zero attached hydrogens (tertiary/aromatic N) is 1. The first-order valence-electron chi connectivity index (χ1n) is 10.7. The first-order chi connectivity index (χ1) is 14.2. The topological polar surface area (TPSA) is 4.93 Å².